The molecule has 0 unspecified atom stereocenters. The number of carbonyl (C=O) groups is 1. The predicted molar refractivity (Wildman–Crippen MR) is 55.4 cm³/mol. The summed E-state index contributed by atoms with van der Waals surface area (Å²) in [5.74, 6) is 0.0614. The Kier molecular flexibility index (Phi) is 1.93. The average molecular weight is 288 g/mol. The average Bonchev–Trinajstić information content (AvgIpc) is 2.31. The fourth-order valence-electron chi connectivity index (χ4n) is 1.18. The number of Topliss-reactive ketones (excluding diaryl/α,β-unsaturated/α-hetero) is 1. The zero-order valence-electron chi connectivity index (χ0n) is 5.97. The summed E-state index contributed by atoms with van der Waals surface area (Å²) in [5.41, 5.74) is 1.74. The summed E-state index contributed by atoms with van der Waals surface area (Å²) in [7, 11) is 0. The van der Waals surface area contributed by atoms with E-state index in [1.165, 1.54) is 0 Å². The summed E-state index contributed by atoms with van der Waals surface area (Å²) in [6.45, 7) is 0. The van der Waals surface area contributed by atoms with Crippen LogP contribution in [0.1, 0.15) is 15.9 Å². The standard InChI is InChI=1S/C9H4Br2O/c10-6-2-1-5-3-8(11)9(12)7(5)4-6/h1-4H. The molecule has 3 heteroatoms. The Morgan fingerprint density at radius 3 is 2.67 bits per heavy atom. The Morgan fingerprint density at radius 2 is 1.92 bits per heavy atom. The second kappa shape index (κ2) is 2.82. The maximum atomic E-state index is 11.4. The van der Waals surface area contributed by atoms with Crippen molar-refractivity contribution in [3.63, 3.8) is 0 Å². The van der Waals surface area contributed by atoms with Crippen molar-refractivity contribution in [3.05, 3.63) is 38.3 Å². The van der Waals surface area contributed by atoms with E-state index in [0.717, 1.165) is 15.6 Å². The molecule has 0 saturated heterocycles. The molecule has 60 valence electrons. The molecule has 1 nitrogen and oxygen atoms in total. The first-order valence-corrected chi connectivity index (χ1v) is 4.98. The Hall–Kier alpha value is -0.410. The molecule has 0 fully saturated rings. The Bertz CT molecular complexity index is 394. The van der Waals surface area contributed by atoms with Crippen molar-refractivity contribution in [1.29, 1.82) is 0 Å². The molecule has 2 rings (SSSR count). The zero-order valence-corrected chi connectivity index (χ0v) is 9.15. The summed E-state index contributed by atoms with van der Waals surface area (Å²) in [6.07, 6.45) is 1.84. The Labute approximate surface area is 86.7 Å². The van der Waals surface area contributed by atoms with Crippen LogP contribution in [0.3, 0.4) is 0 Å². The van der Waals surface area contributed by atoms with E-state index in [2.05, 4.69) is 31.9 Å². The third-order valence-corrected chi connectivity index (χ3v) is 2.84. The maximum absolute atomic E-state index is 11.4. The molecule has 0 spiro atoms. The van der Waals surface area contributed by atoms with Gasteiger partial charge in [0.1, 0.15) is 0 Å². The number of carbonyl (C=O) groups excluding carboxylic acids is 1. The molecule has 0 saturated carbocycles. The third-order valence-electron chi connectivity index (χ3n) is 1.76. The van der Waals surface area contributed by atoms with Gasteiger partial charge in [-0.25, -0.2) is 0 Å². The van der Waals surface area contributed by atoms with E-state index in [1.807, 2.05) is 24.3 Å². The molecular weight excluding hydrogens is 284 g/mol. The number of halogens is 2. The third kappa shape index (κ3) is 1.17. The molecule has 0 aliphatic heterocycles. The second-order valence-corrected chi connectivity index (χ2v) is 4.32. The van der Waals surface area contributed by atoms with Crippen molar-refractivity contribution in [2.75, 3.05) is 0 Å². The highest BCUT2D eigenvalue weighted by atomic mass is 79.9. The minimum absolute atomic E-state index is 0.0614. The number of hydrogen-bond acceptors (Lipinski definition) is 1. The molecule has 1 aliphatic rings. The van der Waals surface area contributed by atoms with Gasteiger partial charge in [-0.15, -0.1) is 0 Å². The summed E-state index contributed by atoms with van der Waals surface area (Å²) in [5, 5.41) is 0. The van der Waals surface area contributed by atoms with Gasteiger partial charge in [0.15, 0.2) is 0 Å². The van der Waals surface area contributed by atoms with E-state index in [-0.39, 0.29) is 5.78 Å². The van der Waals surface area contributed by atoms with Crippen molar-refractivity contribution in [1.82, 2.24) is 0 Å². The van der Waals surface area contributed by atoms with Crippen LogP contribution in [0.25, 0.3) is 6.08 Å². The molecule has 0 radical (unpaired) electrons. The first-order valence-electron chi connectivity index (χ1n) is 3.40. The van der Waals surface area contributed by atoms with Crippen LogP contribution in [0.5, 0.6) is 0 Å². The molecule has 0 heterocycles. The van der Waals surface area contributed by atoms with Gasteiger partial charge in [0.2, 0.25) is 5.78 Å². The molecule has 0 atom stereocenters. The van der Waals surface area contributed by atoms with Crippen LogP contribution in [-0.4, -0.2) is 5.78 Å². The van der Waals surface area contributed by atoms with E-state index in [4.69, 9.17) is 0 Å². The van der Waals surface area contributed by atoms with E-state index in [9.17, 15) is 4.79 Å². The van der Waals surface area contributed by atoms with Gasteiger partial charge in [-0.1, -0.05) is 22.0 Å². The first kappa shape index (κ1) is 8.20. The van der Waals surface area contributed by atoms with Gasteiger partial charge >= 0.3 is 0 Å². The fraction of sp³-hybridized carbons (Fsp3) is 0. The van der Waals surface area contributed by atoms with Crippen molar-refractivity contribution >= 4 is 43.7 Å². The van der Waals surface area contributed by atoms with E-state index in [0.29, 0.717) is 4.48 Å². The van der Waals surface area contributed by atoms with Gasteiger partial charge in [-0.2, -0.15) is 0 Å². The molecule has 12 heavy (non-hydrogen) atoms. The summed E-state index contributed by atoms with van der Waals surface area (Å²) < 4.78 is 1.57. The van der Waals surface area contributed by atoms with Crippen molar-refractivity contribution < 1.29 is 4.79 Å². The van der Waals surface area contributed by atoms with Crippen LogP contribution in [0, 0.1) is 0 Å². The van der Waals surface area contributed by atoms with Crippen LogP contribution in [-0.2, 0) is 0 Å². The summed E-state index contributed by atoms with van der Waals surface area (Å²) in [6, 6.07) is 5.68. The van der Waals surface area contributed by atoms with Gasteiger partial charge in [0.25, 0.3) is 0 Å². The first-order chi connectivity index (χ1) is 5.68. The predicted octanol–water partition coefficient (Wildman–Crippen LogP) is 3.38. The van der Waals surface area contributed by atoms with Gasteiger partial charge in [0.05, 0.1) is 4.48 Å². The summed E-state index contributed by atoms with van der Waals surface area (Å²) >= 11 is 6.53. The van der Waals surface area contributed by atoms with Crippen LogP contribution >= 0.6 is 31.9 Å². The second-order valence-electron chi connectivity index (χ2n) is 2.55. The Morgan fingerprint density at radius 1 is 1.17 bits per heavy atom. The normalized spacial score (nSPS) is 14.5. The lowest BCUT2D eigenvalue weighted by molar-refractivity contribution is 0.104. The van der Waals surface area contributed by atoms with Crippen LogP contribution in [0.4, 0.5) is 0 Å². The van der Waals surface area contributed by atoms with E-state index < -0.39 is 0 Å². The van der Waals surface area contributed by atoms with Crippen molar-refractivity contribution in [2.45, 2.75) is 0 Å². The molecule has 1 aromatic rings. The lowest BCUT2D eigenvalue weighted by Crippen LogP contribution is -1.93. The number of rotatable bonds is 0. The molecule has 0 N–H and O–H groups in total. The number of hydrogen-bond donors (Lipinski definition) is 0. The smallest absolute Gasteiger partial charge is 0.200 e. The van der Waals surface area contributed by atoms with Crippen LogP contribution < -0.4 is 0 Å². The highest BCUT2D eigenvalue weighted by molar-refractivity contribution is 9.12. The van der Waals surface area contributed by atoms with Gasteiger partial charge in [-0.05, 0) is 39.7 Å². The molecule has 0 bridgehead atoms. The molecule has 0 aromatic heterocycles. The van der Waals surface area contributed by atoms with E-state index >= 15 is 0 Å². The SMILES string of the molecule is O=C1C(Br)=Cc2ccc(Br)cc21. The Balaban J connectivity index is 2.65. The van der Waals surface area contributed by atoms with Crippen molar-refractivity contribution in [2.24, 2.45) is 0 Å². The quantitative estimate of drug-likeness (QED) is 0.715. The lowest BCUT2D eigenvalue weighted by Gasteiger charge is -1.96. The van der Waals surface area contributed by atoms with Crippen molar-refractivity contribution in [3.8, 4) is 0 Å². The molecule has 0 amide bonds. The zero-order chi connectivity index (χ0) is 8.72. The fourth-order valence-corrected chi connectivity index (χ4v) is 2.00. The van der Waals surface area contributed by atoms with Crippen LogP contribution in [0.2, 0.25) is 0 Å². The molecule has 1 aromatic carbocycles. The van der Waals surface area contributed by atoms with Gasteiger partial charge in [-0.3, -0.25) is 4.79 Å². The number of allylic oxidation sites excluding steroid dienone is 1. The van der Waals surface area contributed by atoms with Gasteiger partial charge < -0.3 is 0 Å². The maximum Gasteiger partial charge on any atom is 0.200 e. The topological polar surface area (TPSA) is 17.1 Å². The minimum atomic E-state index is 0.0614. The highest BCUT2D eigenvalue weighted by Crippen LogP contribution is 2.30. The van der Waals surface area contributed by atoms with E-state index in [1.54, 1.807) is 0 Å². The minimum Gasteiger partial charge on any atom is -0.288 e. The lowest BCUT2D eigenvalue weighted by atomic mass is 10.1. The molecule has 1 aliphatic carbocycles. The number of fused-ring (bicyclic) bond motifs is 1. The van der Waals surface area contributed by atoms with Gasteiger partial charge in [0, 0.05) is 10.0 Å². The summed E-state index contributed by atoms with van der Waals surface area (Å²) in [4.78, 5) is 11.4. The van der Waals surface area contributed by atoms with Crippen LogP contribution in [0.15, 0.2) is 27.2 Å². The number of ketones is 1. The monoisotopic (exact) mass is 286 g/mol. The highest BCUT2D eigenvalue weighted by Gasteiger charge is 2.19. The number of benzene rings is 1. The largest absolute Gasteiger partial charge is 0.288 e. The molecular formula is C9H4Br2O.